The Morgan fingerprint density at radius 1 is 0.844 bits per heavy atom. The van der Waals surface area contributed by atoms with Crippen LogP contribution in [0.5, 0.6) is 0 Å². The summed E-state index contributed by atoms with van der Waals surface area (Å²) >= 11 is 0. The van der Waals surface area contributed by atoms with Gasteiger partial charge in [-0.1, -0.05) is 36.4 Å². The molecular formula is C24H22FN3O4. The maximum Gasteiger partial charge on any atom is 0.338 e. The van der Waals surface area contributed by atoms with Crippen molar-refractivity contribution in [2.24, 2.45) is 0 Å². The van der Waals surface area contributed by atoms with Gasteiger partial charge in [0.05, 0.1) is 5.56 Å². The molecule has 2 N–H and O–H groups in total. The molecule has 0 spiro atoms. The maximum atomic E-state index is 13.7. The first-order valence-corrected chi connectivity index (χ1v) is 9.80. The fourth-order valence-corrected chi connectivity index (χ4v) is 2.80. The van der Waals surface area contributed by atoms with Crippen LogP contribution in [0.1, 0.15) is 15.9 Å². The molecule has 164 valence electrons. The Bertz CT molecular complexity index is 1090. The van der Waals surface area contributed by atoms with E-state index in [4.69, 9.17) is 4.74 Å². The van der Waals surface area contributed by atoms with E-state index in [1.54, 1.807) is 54.6 Å². The Hall–Kier alpha value is -4.20. The number of nitrogens with one attached hydrogen (secondary N) is 2. The van der Waals surface area contributed by atoms with Gasteiger partial charge in [0.15, 0.2) is 6.61 Å². The van der Waals surface area contributed by atoms with E-state index in [1.807, 2.05) is 6.07 Å². The third kappa shape index (κ3) is 6.40. The minimum Gasteiger partial charge on any atom is -0.452 e. The van der Waals surface area contributed by atoms with Crippen LogP contribution in [0.15, 0.2) is 78.9 Å². The number of carbonyl (C=O) groups excluding carboxylic acids is 3. The Labute approximate surface area is 184 Å². The van der Waals surface area contributed by atoms with Gasteiger partial charge in [-0.15, -0.1) is 0 Å². The van der Waals surface area contributed by atoms with Crippen LogP contribution in [0.3, 0.4) is 0 Å². The van der Waals surface area contributed by atoms with E-state index in [9.17, 15) is 18.8 Å². The first-order valence-electron chi connectivity index (χ1n) is 9.80. The van der Waals surface area contributed by atoms with Gasteiger partial charge in [-0.3, -0.25) is 4.79 Å². The summed E-state index contributed by atoms with van der Waals surface area (Å²) in [5.74, 6) is -1.55. The van der Waals surface area contributed by atoms with Gasteiger partial charge in [0.2, 0.25) is 0 Å². The molecule has 0 bridgehead atoms. The summed E-state index contributed by atoms with van der Waals surface area (Å²) in [4.78, 5) is 37.7. The number of para-hydroxylation sites is 1. The highest BCUT2D eigenvalue weighted by Gasteiger charge is 2.15. The first kappa shape index (κ1) is 22.5. The second-order valence-corrected chi connectivity index (χ2v) is 6.94. The zero-order valence-electron chi connectivity index (χ0n) is 17.4. The summed E-state index contributed by atoms with van der Waals surface area (Å²) in [6, 6.07) is 20.8. The molecule has 3 aromatic rings. The van der Waals surface area contributed by atoms with E-state index in [1.165, 1.54) is 30.1 Å². The minimum atomic E-state index is -0.682. The van der Waals surface area contributed by atoms with E-state index in [0.717, 1.165) is 0 Å². The standard InChI is InChI=1S/C24H22FN3O4/c1-28(15-18-7-5-6-10-21(18)25)22(29)16-32-23(30)17-11-13-20(14-12-17)27-24(31)26-19-8-3-2-4-9-19/h2-14H,15-16H2,1H3,(H2,26,27,31). The molecule has 0 aliphatic rings. The van der Waals surface area contributed by atoms with Crippen molar-refractivity contribution in [3.05, 3.63) is 95.8 Å². The predicted octanol–water partition coefficient (Wildman–Crippen LogP) is 4.29. The van der Waals surface area contributed by atoms with Gasteiger partial charge in [0.1, 0.15) is 5.82 Å². The molecule has 0 heterocycles. The van der Waals surface area contributed by atoms with Crippen LogP contribution < -0.4 is 10.6 Å². The normalized spacial score (nSPS) is 10.2. The fourth-order valence-electron chi connectivity index (χ4n) is 2.80. The number of urea groups is 1. The molecule has 8 heteroatoms. The van der Waals surface area contributed by atoms with Crippen LogP contribution in [-0.4, -0.2) is 36.5 Å². The molecule has 3 rings (SSSR count). The number of rotatable bonds is 7. The molecule has 3 amide bonds. The SMILES string of the molecule is CN(Cc1ccccc1F)C(=O)COC(=O)c1ccc(NC(=O)Nc2ccccc2)cc1. The summed E-state index contributed by atoms with van der Waals surface area (Å²) < 4.78 is 18.8. The first-order chi connectivity index (χ1) is 15.4. The summed E-state index contributed by atoms with van der Waals surface area (Å²) in [6.07, 6.45) is 0. The number of ether oxygens (including phenoxy) is 1. The van der Waals surface area contributed by atoms with Crippen LogP contribution in [0.2, 0.25) is 0 Å². The highest BCUT2D eigenvalue weighted by Crippen LogP contribution is 2.13. The molecule has 0 radical (unpaired) electrons. The molecule has 0 aromatic heterocycles. The van der Waals surface area contributed by atoms with Gasteiger partial charge in [-0.25, -0.2) is 14.0 Å². The van der Waals surface area contributed by atoms with E-state index >= 15 is 0 Å². The van der Waals surface area contributed by atoms with Crippen molar-refractivity contribution in [1.29, 1.82) is 0 Å². The number of carbonyl (C=O) groups is 3. The van der Waals surface area contributed by atoms with Crippen LogP contribution in [0, 0.1) is 5.82 Å². The van der Waals surface area contributed by atoms with Crippen molar-refractivity contribution in [3.63, 3.8) is 0 Å². The fraction of sp³-hybridized carbons (Fsp3) is 0.125. The van der Waals surface area contributed by atoms with E-state index in [0.29, 0.717) is 16.9 Å². The van der Waals surface area contributed by atoms with E-state index in [2.05, 4.69) is 10.6 Å². The number of halogens is 1. The predicted molar refractivity (Wildman–Crippen MR) is 119 cm³/mol. The van der Waals surface area contributed by atoms with Crippen molar-refractivity contribution in [3.8, 4) is 0 Å². The number of anilines is 2. The molecule has 0 saturated carbocycles. The molecule has 0 aliphatic carbocycles. The number of hydrogen-bond acceptors (Lipinski definition) is 4. The monoisotopic (exact) mass is 435 g/mol. The Morgan fingerprint density at radius 3 is 2.09 bits per heavy atom. The van der Waals surface area contributed by atoms with Gasteiger partial charge < -0.3 is 20.3 Å². The van der Waals surface area contributed by atoms with E-state index in [-0.39, 0.29) is 12.1 Å². The quantitative estimate of drug-likeness (QED) is 0.542. The van der Waals surface area contributed by atoms with Crippen molar-refractivity contribution < 1.29 is 23.5 Å². The van der Waals surface area contributed by atoms with Gasteiger partial charge in [-0.2, -0.15) is 0 Å². The number of nitrogens with zero attached hydrogens (tertiary/aromatic N) is 1. The molecular weight excluding hydrogens is 413 g/mol. The lowest BCUT2D eigenvalue weighted by molar-refractivity contribution is -0.133. The highest BCUT2D eigenvalue weighted by atomic mass is 19.1. The third-order valence-corrected chi connectivity index (χ3v) is 4.53. The van der Waals surface area contributed by atoms with Gasteiger partial charge in [-0.05, 0) is 42.5 Å². The molecule has 0 aliphatic heterocycles. The number of esters is 1. The Kier molecular flexibility index (Phi) is 7.53. The zero-order valence-corrected chi connectivity index (χ0v) is 17.4. The van der Waals surface area contributed by atoms with Crippen LogP contribution in [0.25, 0.3) is 0 Å². The summed E-state index contributed by atoms with van der Waals surface area (Å²) in [5, 5.41) is 5.34. The van der Waals surface area contributed by atoms with Crippen LogP contribution in [0.4, 0.5) is 20.6 Å². The van der Waals surface area contributed by atoms with Crippen molar-refractivity contribution in [1.82, 2.24) is 4.90 Å². The van der Waals surface area contributed by atoms with Crippen LogP contribution in [-0.2, 0) is 16.1 Å². The largest absolute Gasteiger partial charge is 0.452 e. The zero-order chi connectivity index (χ0) is 22.9. The lowest BCUT2D eigenvalue weighted by Gasteiger charge is -2.17. The van der Waals surface area contributed by atoms with Gasteiger partial charge >= 0.3 is 12.0 Å². The Morgan fingerprint density at radius 2 is 1.44 bits per heavy atom. The number of hydrogen-bond donors (Lipinski definition) is 2. The second kappa shape index (κ2) is 10.7. The molecule has 0 saturated heterocycles. The molecule has 3 aromatic carbocycles. The lowest BCUT2D eigenvalue weighted by atomic mass is 10.2. The minimum absolute atomic E-state index is 0.0640. The molecule has 0 atom stereocenters. The van der Waals surface area contributed by atoms with E-state index < -0.39 is 30.3 Å². The Balaban J connectivity index is 1.47. The smallest absolute Gasteiger partial charge is 0.338 e. The third-order valence-electron chi connectivity index (χ3n) is 4.53. The molecule has 0 fully saturated rings. The summed E-state index contributed by atoms with van der Waals surface area (Å²) in [5.41, 5.74) is 1.73. The van der Waals surface area contributed by atoms with Crippen molar-refractivity contribution in [2.45, 2.75) is 6.54 Å². The second-order valence-electron chi connectivity index (χ2n) is 6.94. The van der Waals surface area contributed by atoms with Gasteiger partial charge in [0, 0.05) is 30.5 Å². The number of benzene rings is 3. The van der Waals surface area contributed by atoms with Crippen LogP contribution >= 0.6 is 0 Å². The molecule has 0 unspecified atom stereocenters. The average molecular weight is 435 g/mol. The molecule has 32 heavy (non-hydrogen) atoms. The van der Waals surface area contributed by atoms with Gasteiger partial charge in [0.25, 0.3) is 5.91 Å². The maximum absolute atomic E-state index is 13.7. The number of likely N-dealkylation sites (N-methyl/N-ethyl adjacent to an activating group) is 1. The van der Waals surface area contributed by atoms with Crippen molar-refractivity contribution in [2.75, 3.05) is 24.3 Å². The lowest BCUT2D eigenvalue weighted by Crippen LogP contribution is -2.31. The molecule has 7 nitrogen and oxygen atoms in total. The van der Waals surface area contributed by atoms with Crippen molar-refractivity contribution >= 4 is 29.3 Å². The summed E-state index contributed by atoms with van der Waals surface area (Å²) in [6.45, 7) is -0.405. The summed E-state index contributed by atoms with van der Waals surface area (Å²) in [7, 11) is 1.50. The highest BCUT2D eigenvalue weighted by molar-refractivity contribution is 6.00. The average Bonchev–Trinajstić information content (AvgIpc) is 2.79. The topological polar surface area (TPSA) is 87.7 Å². The number of amides is 3.